The third kappa shape index (κ3) is 5.14. The predicted octanol–water partition coefficient (Wildman–Crippen LogP) is 3.35. The van der Waals surface area contributed by atoms with Gasteiger partial charge >= 0.3 is 0 Å². The second-order valence-corrected chi connectivity index (χ2v) is 10.0. The number of nitrogens with zero attached hydrogens (tertiary/aromatic N) is 3. The van der Waals surface area contributed by atoms with E-state index in [2.05, 4.69) is 5.32 Å². The van der Waals surface area contributed by atoms with Gasteiger partial charge in [-0.05, 0) is 35.0 Å². The minimum Gasteiger partial charge on any atom is -0.319 e. The molecule has 1 aliphatic heterocycles. The number of amides is 1. The summed E-state index contributed by atoms with van der Waals surface area (Å²) in [6.45, 7) is 1.17. The molecule has 0 saturated carbocycles. The first-order valence-corrected chi connectivity index (χ1v) is 12.0. The summed E-state index contributed by atoms with van der Waals surface area (Å²) in [7, 11) is -3.66. The highest BCUT2D eigenvalue weighted by molar-refractivity contribution is 7.89. The van der Waals surface area contributed by atoms with E-state index in [1.807, 2.05) is 24.3 Å². The van der Waals surface area contributed by atoms with Crippen LogP contribution in [0.1, 0.15) is 0 Å². The molecule has 3 aromatic rings. The molecule has 33 heavy (non-hydrogen) atoms. The molecule has 0 radical (unpaired) electrons. The van der Waals surface area contributed by atoms with Crippen LogP contribution in [-0.4, -0.2) is 61.2 Å². The lowest BCUT2D eigenvalue weighted by Crippen LogP contribution is -2.50. The average molecular weight is 489 g/mol. The Hall–Kier alpha value is -3.05. The van der Waals surface area contributed by atoms with Gasteiger partial charge in [0, 0.05) is 37.3 Å². The van der Waals surface area contributed by atoms with Gasteiger partial charge in [-0.25, -0.2) is 8.42 Å². The normalized spacial score (nSPS) is 15.4. The Morgan fingerprint density at radius 3 is 2.39 bits per heavy atom. The number of benzene rings is 3. The van der Waals surface area contributed by atoms with Crippen molar-refractivity contribution in [2.24, 2.45) is 0 Å². The van der Waals surface area contributed by atoms with E-state index in [0.29, 0.717) is 13.1 Å². The maximum absolute atomic E-state index is 13.1. The van der Waals surface area contributed by atoms with Gasteiger partial charge < -0.3 is 5.32 Å². The SMILES string of the molecule is O=C(CN1CCN(S(=O)(=O)c2ccc3ccccc3c2)CC1)Nc1cc(Cl)ccc1[N+](=O)[O-]. The van der Waals surface area contributed by atoms with Gasteiger partial charge in [0.15, 0.2) is 0 Å². The molecule has 11 heteroatoms. The third-order valence-corrected chi connectivity index (χ3v) is 7.62. The van der Waals surface area contributed by atoms with Gasteiger partial charge in [0.2, 0.25) is 15.9 Å². The van der Waals surface area contributed by atoms with E-state index in [4.69, 9.17) is 11.6 Å². The molecule has 0 bridgehead atoms. The second-order valence-electron chi connectivity index (χ2n) is 7.66. The summed E-state index contributed by atoms with van der Waals surface area (Å²) < 4.78 is 27.6. The van der Waals surface area contributed by atoms with Crippen LogP contribution in [0.5, 0.6) is 0 Å². The molecule has 4 rings (SSSR count). The van der Waals surface area contributed by atoms with Crippen molar-refractivity contribution in [2.75, 3.05) is 38.0 Å². The number of piperazine rings is 1. The molecule has 1 amide bonds. The smallest absolute Gasteiger partial charge is 0.292 e. The van der Waals surface area contributed by atoms with Crippen molar-refractivity contribution in [3.63, 3.8) is 0 Å². The summed E-state index contributed by atoms with van der Waals surface area (Å²) in [4.78, 5) is 25.0. The maximum atomic E-state index is 13.1. The lowest BCUT2D eigenvalue weighted by molar-refractivity contribution is -0.383. The zero-order valence-corrected chi connectivity index (χ0v) is 19.1. The number of carbonyl (C=O) groups is 1. The van der Waals surface area contributed by atoms with Crippen molar-refractivity contribution in [1.29, 1.82) is 0 Å². The summed E-state index contributed by atoms with van der Waals surface area (Å²) in [6, 6.07) is 16.6. The summed E-state index contributed by atoms with van der Waals surface area (Å²) >= 11 is 5.89. The molecule has 1 N–H and O–H groups in total. The number of halogens is 1. The van der Waals surface area contributed by atoms with E-state index in [1.54, 1.807) is 23.1 Å². The fraction of sp³-hybridized carbons (Fsp3) is 0.227. The van der Waals surface area contributed by atoms with Crippen LogP contribution in [0.15, 0.2) is 65.6 Å². The van der Waals surface area contributed by atoms with Crippen LogP contribution in [-0.2, 0) is 14.8 Å². The van der Waals surface area contributed by atoms with Crippen molar-refractivity contribution >= 4 is 49.7 Å². The number of carbonyl (C=O) groups excluding carboxylic acids is 1. The van der Waals surface area contributed by atoms with Crippen molar-refractivity contribution in [2.45, 2.75) is 4.90 Å². The number of nitro benzene ring substituents is 1. The standard InChI is InChI=1S/C22H21ClN4O5S/c23-18-6-8-21(27(29)30)20(14-18)24-22(28)15-25-9-11-26(12-10-25)33(31,32)19-7-5-16-3-1-2-4-17(16)13-19/h1-8,13-14H,9-12,15H2,(H,24,28). The third-order valence-electron chi connectivity index (χ3n) is 5.49. The quantitative estimate of drug-likeness (QED) is 0.420. The Morgan fingerprint density at radius 2 is 1.70 bits per heavy atom. The first kappa shape index (κ1) is 23.1. The van der Waals surface area contributed by atoms with E-state index < -0.39 is 20.9 Å². The van der Waals surface area contributed by atoms with Crippen LogP contribution in [0.2, 0.25) is 5.02 Å². The molecule has 172 valence electrons. The minimum atomic E-state index is -3.66. The number of hydrogen-bond acceptors (Lipinski definition) is 6. The number of rotatable bonds is 6. The monoisotopic (exact) mass is 488 g/mol. The topological polar surface area (TPSA) is 113 Å². The molecule has 0 aromatic heterocycles. The van der Waals surface area contributed by atoms with Crippen molar-refractivity contribution in [1.82, 2.24) is 9.21 Å². The van der Waals surface area contributed by atoms with Crippen molar-refractivity contribution in [3.05, 3.63) is 75.8 Å². The molecule has 0 spiro atoms. The Kier molecular flexibility index (Phi) is 6.61. The van der Waals surface area contributed by atoms with E-state index in [0.717, 1.165) is 10.8 Å². The summed E-state index contributed by atoms with van der Waals surface area (Å²) in [5.74, 6) is -0.439. The molecular weight excluding hydrogens is 468 g/mol. The van der Waals surface area contributed by atoms with Gasteiger partial charge in [0.25, 0.3) is 5.69 Å². The zero-order valence-electron chi connectivity index (χ0n) is 17.5. The van der Waals surface area contributed by atoms with Gasteiger partial charge in [-0.2, -0.15) is 4.31 Å². The summed E-state index contributed by atoms with van der Waals surface area (Å²) in [6.07, 6.45) is 0. The van der Waals surface area contributed by atoms with Crippen LogP contribution in [0.3, 0.4) is 0 Å². The Labute approximate surface area is 195 Å². The van der Waals surface area contributed by atoms with Gasteiger partial charge in [-0.3, -0.25) is 19.8 Å². The number of nitro groups is 1. The molecule has 0 unspecified atom stereocenters. The molecule has 0 aliphatic carbocycles. The lowest BCUT2D eigenvalue weighted by Gasteiger charge is -2.33. The van der Waals surface area contributed by atoms with E-state index in [9.17, 15) is 23.3 Å². The highest BCUT2D eigenvalue weighted by Crippen LogP contribution is 2.28. The lowest BCUT2D eigenvalue weighted by atomic mass is 10.1. The zero-order chi connectivity index (χ0) is 23.6. The second kappa shape index (κ2) is 9.44. The number of sulfonamides is 1. The number of nitrogens with one attached hydrogen (secondary N) is 1. The summed E-state index contributed by atoms with van der Waals surface area (Å²) in [5.41, 5.74) is -0.228. The van der Waals surface area contributed by atoms with Crippen LogP contribution in [0.25, 0.3) is 10.8 Å². The molecule has 1 aliphatic rings. The number of fused-ring (bicyclic) bond motifs is 1. The first-order chi connectivity index (χ1) is 15.7. The fourth-order valence-electron chi connectivity index (χ4n) is 3.77. The Bertz CT molecular complexity index is 1320. The molecular formula is C22H21ClN4O5S. The molecule has 9 nitrogen and oxygen atoms in total. The number of anilines is 1. The largest absolute Gasteiger partial charge is 0.319 e. The summed E-state index contributed by atoms with van der Waals surface area (Å²) in [5, 5.41) is 15.8. The molecule has 1 heterocycles. The Balaban J connectivity index is 1.38. The molecule has 0 atom stereocenters. The molecule has 1 saturated heterocycles. The van der Waals surface area contributed by atoms with E-state index >= 15 is 0 Å². The molecule has 1 fully saturated rings. The first-order valence-electron chi connectivity index (χ1n) is 10.2. The van der Waals surface area contributed by atoms with Crippen molar-refractivity contribution < 1.29 is 18.1 Å². The number of hydrogen-bond donors (Lipinski definition) is 1. The van der Waals surface area contributed by atoms with Gasteiger partial charge in [-0.15, -0.1) is 0 Å². The van der Waals surface area contributed by atoms with Crippen LogP contribution in [0, 0.1) is 10.1 Å². The highest BCUT2D eigenvalue weighted by Gasteiger charge is 2.29. The highest BCUT2D eigenvalue weighted by atomic mass is 35.5. The maximum Gasteiger partial charge on any atom is 0.292 e. The average Bonchev–Trinajstić information content (AvgIpc) is 2.79. The van der Waals surface area contributed by atoms with Gasteiger partial charge in [0.1, 0.15) is 5.69 Å². The van der Waals surface area contributed by atoms with E-state index in [1.165, 1.54) is 22.5 Å². The van der Waals surface area contributed by atoms with Crippen LogP contribution in [0.4, 0.5) is 11.4 Å². The predicted molar refractivity (Wildman–Crippen MR) is 126 cm³/mol. The van der Waals surface area contributed by atoms with Crippen molar-refractivity contribution in [3.8, 4) is 0 Å². The minimum absolute atomic E-state index is 0.0203. The Morgan fingerprint density at radius 1 is 1.00 bits per heavy atom. The van der Waals surface area contributed by atoms with Crippen LogP contribution >= 0.6 is 11.6 Å². The van der Waals surface area contributed by atoms with Gasteiger partial charge in [0.05, 0.1) is 16.4 Å². The van der Waals surface area contributed by atoms with Crippen LogP contribution < -0.4 is 5.32 Å². The van der Waals surface area contributed by atoms with Gasteiger partial charge in [-0.1, -0.05) is 41.9 Å². The fourth-order valence-corrected chi connectivity index (χ4v) is 5.40. The molecule has 3 aromatic carbocycles. The van der Waals surface area contributed by atoms with E-state index in [-0.39, 0.29) is 40.9 Å².